The number of amides is 1. The van der Waals surface area contributed by atoms with Crippen LogP contribution in [0.3, 0.4) is 0 Å². The van der Waals surface area contributed by atoms with E-state index < -0.39 is 0 Å². The van der Waals surface area contributed by atoms with E-state index >= 15 is 0 Å². The largest absolute Gasteiger partial charge is 0.490 e. The number of aryl methyl sites for hydroxylation is 1. The summed E-state index contributed by atoms with van der Waals surface area (Å²) in [5, 5.41) is 6.02. The zero-order valence-electron chi connectivity index (χ0n) is 15.8. The van der Waals surface area contributed by atoms with Crippen molar-refractivity contribution in [2.24, 2.45) is 11.8 Å². The summed E-state index contributed by atoms with van der Waals surface area (Å²) in [4.78, 5) is 12.1. The third-order valence-electron chi connectivity index (χ3n) is 3.77. The van der Waals surface area contributed by atoms with Gasteiger partial charge in [-0.1, -0.05) is 32.9 Å². The maximum Gasteiger partial charge on any atom is 0.224 e. The van der Waals surface area contributed by atoms with Crippen LogP contribution in [0, 0.1) is 18.8 Å². The van der Waals surface area contributed by atoms with Crippen LogP contribution in [-0.2, 0) is 11.3 Å². The summed E-state index contributed by atoms with van der Waals surface area (Å²) in [7, 11) is 1.85. The first-order valence-corrected chi connectivity index (χ1v) is 8.52. The highest BCUT2D eigenvalue weighted by Gasteiger charge is 2.14. The van der Waals surface area contributed by atoms with Gasteiger partial charge < -0.3 is 15.4 Å². The fourth-order valence-electron chi connectivity index (χ4n) is 2.60. The molecular weight excluding hydrogens is 324 g/mol. The van der Waals surface area contributed by atoms with Gasteiger partial charge in [0, 0.05) is 24.6 Å². The normalized spacial score (nSPS) is 13.1. The van der Waals surface area contributed by atoms with E-state index in [0.717, 1.165) is 23.3 Å². The minimum atomic E-state index is -0.0466. The Morgan fingerprint density at radius 2 is 1.88 bits per heavy atom. The molecule has 0 spiro atoms. The predicted octanol–water partition coefficient (Wildman–Crippen LogP) is 3.70. The summed E-state index contributed by atoms with van der Waals surface area (Å²) >= 11 is 0. The van der Waals surface area contributed by atoms with Gasteiger partial charge in [-0.15, -0.1) is 12.4 Å². The molecule has 24 heavy (non-hydrogen) atoms. The van der Waals surface area contributed by atoms with E-state index in [9.17, 15) is 4.79 Å². The van der Waals surface area contributed by atoms with Crippen molar-refractivity contribution >= 4 is 18.3 Å². The van der Waals surface area contributed by atoms with Gasteiger partial charge in [-0.3, -0.25) is 4.79 Å². The van der Waals surface area contributed by atoms with E-state index in [4.69, 9.17) is 4.74 Å². The Labute approximate surface area is 153 Å². The number of nitrogens with one attached hydrogen (secondary N) is 2. The van der Waals surface area contributed by atoms with Crippen molar-refractivity contribution < 1.29 is 9.53 Å². The second-order valence-corrected chi connectivity index (χ2v) is 6.85. The molecule has 0 aliphatic heterocycles. The average Bonchev–Trinajstić information content (AvgIpc) is 2.45. The molecule has 0 saturated heterocycles. The molecular formula is C19H33ClN2O2. The van der Waals surface area contributed by atoms with Crippen LogP contribution in [0.25, 0.3) is 0 Å². The summed E-state index contributed by atoms with van der Waals surface area (Å²) in [5.74, 6) is 1.48. The summed E-state index contributed by atoms with van der Waals surface area (Å²) in [6.07, 6.45) is 1.17. The topological polar surface area (TPSA) is 50.4 Å². The first kappa shape index (κ1) is 22.7. The predicted molar refractivity (Wildman–Crippen MR) is 103 cm³/mol. The molecule has 0 aliphatic rings. The fourth-order valence-corrected chi connectivity index (χ4v) is 2.60. The molecule has 1 aromatic rings. The molecule has 1 amide bonds. The van der Waals surface area contributed by atoms with Gasteiger partial charge in [0.05, 0.1) is 6.10 Å². The van der Waals surface area contributed by atoms with Crippen molar-refractivity contribution in [2.75, 3.05) is 13.6 Å². The van der Waals surface area contributed by atoms with Gasteiger partial charge in [0.2, 0.25) is 5.91 Å². The zero-order valence-corrected chi connectivity index (χ0v) is 16.6. The quantitative estimate of drug-likeness (QED) is 0.709. The van der Waals surface area contributed by atoms with E-state index in [2.05, 4.69) is 50.5 Å². The van der Waals surface area contributed by atoms with Gasteiger partial charge in [0.15, 0.2) is 0 Å². The highest BCUT2D eigenvalue weighted by molar-refractivity contribution is 5.85. The molecule has 0 bridgehead atoms. The van der Waals surface area contributed by atoms with Gasteiger partial charge in [0.25, 0.3) is 0 Å². The molecule has 138 valence electrons. The van der Waals surface area contributed by atoms with Crippen LogP contribution in [0.1, 0.15) is 45.2 Å². The van der Waals surface area contributed by atoms with Crippen molar-refractivity contribution in [2.45, 2.75) is 53.7 Å². The van der Waals surface area contributed by atoms with E-state index in [0.29, 0.717) is 19.0 Å². The van der Waals surface area contributed by atoms with E-state index in [-0.39, 0.29) is 30.3 Å². The fraction of sp³-hybridized carbons (Fsp3) is 0.632. The Kier molecular flexibility index (Phi) is 10.7. The summed E-state index contributed by atoms with van der Waals surface area (Å²) in [5.41, 5.74) is 2.19. The van der Waals surface area contributed by atoms with Crippen molar-refractivity contribution in [3.05, 3.63) is 29.3 Å². The van der Waals surface area contributed by atoms with Gasteiger partial charge >= 0.3 is 0 Å². The summed E-state index contributed by atoms with van der Waals surface area (Å²) in [6, 6.07) is 6.14. The molecule has 1 aromatic carbocycles. The van der Waals surface area contributed by atoms with Crippen LogP contribution >= 0.6 is 12.4 Å². The third-order valence-corrected chi connectivity index (χ3v) is 3.77. The number of carbonyl (C=O) groups is 1. The van der Waals surface area contributed by atoms with Crippen LogP contribution < -0.4 is 15.4 Å². The molecule has 0 aromatic heterocycles. The van der Waals surface area contributed by atoms with Gasteiger partial charge in [0.1, 0.15) is 5.75 Å². The van der Waals surface area contributed by atoms with Gasteiger partial charge in [-0.05, 0) is 44.9 Å². The highest BCUT2D eigenvalue weighted by Crippen LogP contribution is 2.23. The number of rotatable bonds is 9. The van der Waals surface area contributed by atoms with Crippen LogP contribution in [0.2, 0.25) is 0 Å². The van der Waals surface area contributed by atoms with E-state index in [1.807, 2.05) is 20.0 Å². The lowest BCUT2D eigenvalue weighted by Gasteiger charge is -2.20. The monoisotopic (exact) mass is 356 g/mol. The Hall–Kier alpha value is -1.26. The second-order valence-electron chi connectivity index (χ2n) is 6.85. The first-order valence-electron chi connectivity index (χ1n) is 8.52. The number of halogens is 1. The Balaban J connectivity index is 0.00000529. The minimum absolute atomic E-state index is 0. The molecule has 0 fully saturated rings. The molecule has 2 atom stereocenters. The van der Waals surface area contributed by atoms with Crippen LogP contribution in [0.5, 0.6) is 5.75 Å². The second kappa shape index (κ2) is 11.3. The maximum absolute atomic E-state index is 12.1. The summed E-state index contributed by atoms with van der Waals surface area (Å²) in [6.45, 7) is 11.6. The highest BCUT2D eigenvalue weighted by atomic mass is 35.5. The van der Waals surface area contributed by atoms with Crippen LogP contribution in [-0.4, -0.2) is 25.6 Å². The van der Waals surface area contributed by atoms with Crippen molar-refractivity contribution in [3.63, 3.8) is 0 Å². The molecule has 0 radical (unpaired) electrons. The molecule has 2 unspecified atom stereocenters. The Morgan fingerprint density at radius 1 is 1.21 bits per heavy atom. The lowest BCUT2D eigenvalue weighted by molar-refractivity contribution is -0.124. The molecule has 0 heterocycles. The molecule has 2 N–H and O–H groups in total. The molecule has 5 heteroatoms. The first-order chi connectivity index (χ1) is 10.8. The third kappa shape index (κ3) is 8.02. The standard InChI is InChI=1S/C19H32N2O2.ClH/c1-13(2)9-16(5)23-18-10-14(3)7-8-17(18)12-21-19(22)15(4)11-20-6;/h7-8,10,13,15-16,20H,9,11-12H2,1-6H3,(H,21,22);1H. The Morgan fingerprint density at radius 3 is 2.46 bits per heavy atom. The summed E-state index contributed by atoms with van der Waals surface area (Å²) < 4.78 is 6.11. The van der Waals surface area contributed by atoms with E-state index in [1.54, 1.807) is 0 Å². The zero-order chi connectivity index (χ0) is 17.4. The van der Waals surface area contributed by atoms with Crippen molar-refractivity contribution in [1.29, 1.82) is 0 Å². The molecule has 0 saturated carbocycles. The van der Waals surface area contributed by atoms with Gasteiger partial charge in [-0.25, -0.2) is 0 Å². The smallest absolute Gasteiger partial charge is 0.224 e. The van der Waals surface area contributed by atoms with E-state index in [1.165, 1.54) is 0 Å². The maximum atomic E-state index is 12.1. The molecule has 0 aliphatic carbocycles. The number of carbonyl (C=O) groups excluding carboxylic acids is 1. The lowest BCUT2D eigenvalue weighted by Crippen LogP contribution is -2.34. The molecule has 1 rings (SSSR count). The molecule has 4 nitrogen and oxygen atoms in total. The number of hydrogen-bond acceptors (Lipinski definition) is 3. The lowest BCUT2D eigenvalue weighted by atomic mass is 10.1. The number of hydrogen-bond donors (Lipinski definition) is 2. The van der Waals surface area contributed by atoms with Gasteiger partial charge in [-0.2, -0.15) is 0 Å². The minimum Gasteiger partial charge on any atom is -0.490 e. The van der Waals surface area contributed by atoms with Crippen molar-refractivity contribution in [1.82, 2.24) is 10.6 Å². The van der Waals surface area contributed by atoms with Crippen LogP contribution in [0.15, 0.2) is 18.2 Å². The Bertz CT molecular complexity index is 506. The SMILES string of the molecule is CNCC(C)C(=O)NCc1ccc(C)cc1OC(C)CC(C)C.Cl. The number of ether oxygens (including phenoxy) is 1. The average molecular weight is 357 g/mol. The van der Waals surface area contributed by atoms with Crippen molar-refractivity contribution in [3.8, 4) is 5.75 Å². The van der Waals surface area contributed by atoms with Crippen LogP contribution in [0.4, 0.5) is 0 Å². The number of benzene rings is 1.